The summed E-state index contributed by atoms with van der Waals surface area (Å²) in [7, 11) is 0. The van der Waals surface area contributed by atoms with Crippen molar-refractivity contribution >= 4 is 17.5 Å². The highest BCUT2D eigenvalue weighted by molar-refractivity contribution is 6.00. The molecule has 0 spiro atoms. The molecule has 0 aliphatic heterocycles. The van der Waals surface area contributed by atoms with Gasteiger partial charge in [-0.15, -0.1) is 0 Å². The van der Waals surface area contributed by atoms with Crippen molar-refractivity contribution in [1.82, 2.24) is 5.32 Å². The largest absolute Gasteiger partial charge is 0.341 e. The molecule has 6 heteroatoms. The standard InChI is InChI=1S/C16H14F2N2O2/c1-10(15(21)20-14-5-3-2-4-13(14)18)19-16(22)11-6-8-12(17)9-7-11/h2-10H,1H3,(H,19,22)(H,20,21)/t10-/m0/s1. The molecule has 0 heterocycles. The van der Waals surface area contributed by atoms with E-state index in [0.29, 0.717) is 0 Å². The number of rotatable bonds is 4. The van der Waals surface area contributed by atoms with E-state index < -0.39 is 29.5 Å². The number of carbonyl (C=O) groups is 2. The Labute approximate surface area is 126 Å². The quantitative estimate of drug-likeness (QED) is 0.912. The maximum atomic E-state index is 13.4. The Kier molecular flexibility index (Phi) is 4.83. The third-order valence-corrected chi connectivity index (χ3v) is 2.98. The Bertz CT molecular complexity index is 687. The highest BCUT2D eigenvalue weighted by atomic mass is 19.1. The maximum absolute atomic E-state index is 13.4. The third-order valence-electron chi connectivity index (χ3n) is 2.98. The van der Waals surface area contributed by atoms with Crippen LogP contribution in [0.4, 0.5) is 14.5 Å². The molecule has 2 amide bonds. The monoisotopic (exact) mass is 304 g/mol. The van der Waals surface area contributed by atoms with Gasteiger partial charge in [-0.2, -0.15) is 0 Å². The molecule has 0 saturated heterocycles. The van der Waals surface area contributed by atoms with Crippen molar-refractivity contribution in [2.45, 2.75) is 13.0 Å². The summed E-state index contributed by atoms with van der Waals surface area (Å²) in [6.45, 7) is 1.47. The van der Waals surface area contributed by atoms with Gasteiger partial charge in [0.1, 0.15) is 17.7 Å². The number of para-hydroxylation sites is 1. The smallest absolute Gasteiger partial charge is 0.251 e. The number of anilines is 1. The van der Waals surface area contributed by atoms with Crippen molar-refractivity contribution in [3.63, 3.8) is 0 Å². The Balaban J connectivity index is 1.98. The summed E-state index contributed by atoms with van der Waals surface area (Å²) >= 11 is 0. The minimum Gasteiger partial charge on any atom is -0.341 e. The number of amides is 2. The molecule has 0 aliphatic rings. The van der Waals surface area contributed by atoms with Crippen molar-refractivity contribution in [2.75, 3.05) is 5.32 Å². The summed E-state index contributed by atoms with van der Waals surface area (Å²) < 4.78 is 26.2. The number of nitrogens with one attached hydrogen (secondary N) is 2. The van der Waals surface area contributed by atoms with Crippen molar-refractivity contribution < 1.29 is 18.4 Å². The molecule has 0 aliphatic carbocycles. The number of carbonyl (C=O) groups excluding carboxylic acids is 2. The molecule has 4 nitrogen and oxygen atoms in total. The van der Waals surface area contributed by atoms with Gasteiger partial charge in [-0.3, -0.25) is 9.59 Å². The van der Waals surface area contributed by atoms with E-state index in [1.807, 2.05) is 0 Å². The fourth-order valence-corrected chi connectivity index (χ4v) is 1.75. The summed E-state index contributed by atoms with van der Waals surface area (Å²) in [5, 5.41) is 4.85. The first-order valence-corrected chi connectivity index (χ1v) is 6.59. The lowest BCUT2D eigenvalue weighted by molar-refractivity contribution is -0.117. The van der Waals surface area contributed by atoms with Gasteiger partial charge in [-0.25, -0.2) is 8.78 Å². The lowest BCUT2D eigenvalue weighted by Crippen LogP contribution is -2.41. The summed E-state index contributed by atoms with van der Waals surface area (Å²) in [6.07, 6.45) is 0. The summed E-state index contributed by atoms with van der Waals surface area (Å²) in [4.78, 5) is 23.8. The fourth-order valence-electron chi connectivity index (χ4n) is 1.75. The number of hydrogen-bond donors (Lipinski definition) is 2. The summed E-state index contributed by atoms with van der Waals surface area (Å²) in [5.41, 5.74) is 0.266. The van der Waals surface area contributed by atoms with Gasteiger partial charge in [-0.05, 0) is 43.3 Å². The van der Waals surface area contributed by atoms with Crippen LogP contribution in [0.25, 0.3) is 0 Å². The topological polar surface area (TPSA) is 58.2 Å². The predicted molar refractivity (Wildman–Crippen MR) is 78.4 cm³/mol. The Morgan fingerprint density at radius 1 is 1.00 bits per heavy atom. The number of hydrogen-bond acceptors (Lipinski definition) is 2. The molecule has 1 atom stereocenters. The SMILES string of the molecule is C[C@H](NC(=O)c1ccc(F)cc1)C(=O)Nc1ccccc1F. The van der Waals surface area contributed by atoms with Crippen LogP contribution in [0.5, 0.6) is 0 Å². The first kappa shape index (κ1) is 15.6. The molecular weight excluding hydrogens is 290 g/mol. The molecule has 0 radical (unpaired) electrons. The Morgan fingerprint density at radius 3 is 2.27 bits per heavy atom. The zero-order valence-electron chi connectivity index (χ0n) is 11.8. The van der Waals surface area contributed by atoms with E-state index in [4.69, 9.17) is 0 Å². The van der Waals surface area contributed by atoms with Gasteiger partial charge >= 0.3 is 0 Å². The summed E-state index contributed by atoms with van der Waals surface area (Å²) in [6, 6.07) is 9.78. The van der Waals surface area contributed by atoms with E-state index in [9.17, 15) is 18.4 Å². The lowest BCUT2D eigenvalue weighted by atomic mass is 10.2. The van der Waals surface area contributed by atoms with Crippen LogP contribution in [0.3, 0.4) is 0 Å². The van der Waals surface area contributed by atoms with Crippen LogP contribution in [-0.2, 0) is 4.79 Å². The first-order valence-electron chi connectivity index (χ1n) is 6.59. The van der Waals surface area contributed by atoms with E-state index in [0.717, 1.165) is 12.1 Å². The van der Waals surface area contributed by atoms with E-state index in [2.05, 4.69) is 10.6 Å². The van der Waals surface area contributed by atoms with E-state index in [1.54, 1.807) is 6.07 Å². The van der Waals surface area contributed by atoms with Crippen molar-refractivity contribution in [3.05, 3.63) is 65.7 Å². The van der Waals surface area contributed by atoms with Gasteiger partial charge in [0.15, 0.2) is 0 Å². The average Bonchev–Trinajstić information content (AvgIpc) is 2.50. The highest BCUT2D eigenvalue weighted by Gasteiger charge is 2.17. The lowest BCUT2D eigenvalue weighted by Gasteiger charge is -2.14. The molecule has 0 saturated carbocycles. The maximum Gasteiger partial charge on any atom is 0.251 e. The zero-order valence-corrected chi connectivity index (χ0v) is 11.8. The molecule has 2 rings (SSSR count). The van der Waals surface area contributed by atoms with Gasteiger partial charge < -0.3 is 10.6 Å². The van der Waals surface area contributed by atoms with Crippen LogP contribution in [0, 0.1) is 11.6 Å². The van der Waals surface area contributed by atoms with E-state index in [1.165, 1.54) is 37.3 Å². The van der Waals surface area contributed by atoms with E-state index >= 15 is 0 Å². The molecular formula is C16H14F2N2O2. The minimum atomic E-state index is -0.878. The Morgan fingerprint density at radius 2 is 1.64 bits per heavy atom. The van der Waals surface area contributed by atoms with Crippen molar-refractivity contribution in [2.24, 2.45) is 0 Å². The van der Waals surface area contributed by atoms with Crippen LogP contribution >= 0.6 is 0 Å². The average molecular weight is 304 g/mol. The van der Waals surface area contributed by atoms with Crippen LogP contribution in [0.15, 0.2) is 48.5 Å². The number of halogens is 2. The van der Waals surface area contributed by atoms with Crippen LogP contribution in [-0.4, -0.2) is 17.9 Å². The van der Waals surface area contributed by atoms with Gasteiger partial charge in [-0.1, -0.05) is 12.1 Å². The van der Waals surface area contributed by atoms with Crippen LogP contribution in [0.2, 0.25) is 0 Å². The van der Waals surface area contributed by atoms with Crippen LogP contribution < -0.4 is 10.6 Å². The Hall–Kier alpha value is -2.76. The molecule has 0 bridgehead atoms. The fraction of sp³-hybridized carbons (Fsp3) is 0.125. The van der Waals surface area contributed by atoms with Gasteiger partial charge in [0.25, 0.3) is 5.91 Å². The van der Waals surface area contributed by atoms with E-state index in [-0.39, 0.29) is 11.3 Å². The highest BCUT2D eigenvalue weighted by Crippen LogP contribution is 2.12. The van der Waals surface area contributed by atoms with Crippen molar-refractivity contribution in [3.8, 4) is 0 Å². The second-order valence-corrected chi connectivity index (χ2v) is 4.67. The predicted octanol–water partition coefficient (Wildman–Crippen LogP) is 2.72. The second-order valence-electron chi connectivity index (χ2n) is 4.67. The zero-order chi connectivity index (χ0) is 16.1. The normalized spacial score (nSPS) is 11.6. The minimum absolute atomic E-state index is 0.0374. The van der Waals surface area contributed by atoms with Crippen molar-refractivity contribution in [1.29, 1.82) is 0 Å². The number of benzene rings is 2. The molecule has 2 aromatic carbocycles. The first-order chi connectivity index (χ1) is 10.5. The van der Waals surface area contributed by atoms with Crippen LogP contribution in [0.1, 0.15) is 17.3 Å². The summed E-state index contributed by atoms with van der Waals surface area (Å²) in [5.74, 6) is -2.09. The molecule has 22 heavy (non-hydrogen) atoms. The van der Waals surface area contributed by atoms with Gasteiger partial charge in [0.2, 0.25) is 5.91 Å². The molecule has 2 N–H and O–H groups in total. The molecule has 0 unspecified atom stereocenters. The molecule has 0 fully saturated rings. The third kappa shape index (κ3) is 3.88. The molecule has 114 valence electrons. The molecule has 2 aromatic rings. The second kappa shape index (κ2) is 6.80. The molecule has 0 aromatic heterocycles. The van der Waals surface area contributed by atoms with Gasteiger partial charge in [0, 0.05) is 5.56 Å². The van der Waals surface area contributed by atoms with Gasteiger partial charge in [0.05, 0.1) is 5.69 Å².